The summed E-state index contributed by atoms with van der Waals surface area (Å²) in [5.41, 5.74) is 0. The number of aliphatic hydroxyl groups excluding tert-OH is 1. The van der Waals surface area contributed by atoms with E-state index in [-0.39, 0.29) is 0 Å². The van der Waals surface area contributed by atoms with E-state index in [2.05, 4.69) is 21.0 Å². The number of nitrogens with zero attached hydrogens (tertiary/aromatic N) is 1. The van der Waals surface area contributed by atoms with E-state index in [9.17, 15) is 0 Å². The van der Waals surface area contributed by atoms with Crippen molar-refractivity contribution in [1.82, 2.24) is 0 Å². The Balaban J connectivity index is 3.16. The summed E-state index contributed by atoms with van der Waals surface area (Å²) >= 11 is 0. The van der Waals surface area contributed by atoms with Gasteiger partial charge in [0.25, 0.3) is 0 Å². The molecule has 0 aliphatic rings. The molecule has 0 bridgehead atoms. The van der Waals surface area contributed by atoms with Crippen LogP contribution in [0.2, 0.25) is 0 Å². The molecule has 27 heavy (non-hydrogen) atoms. The predicted octanol–water partition coefficient (Wildman–Crippen LogP) is 6.33. The fourth-order valence-electron chi connectivity index (χ4n) is 3.58. The maximum Gasteiger partial charge on any atom is 0.102 e. The van der Waals surface area contributed by atoms with Crippen LogP contribution in [-0.4, -0.2) is 56.6 Å². The highest BCUT2D eigenvalue weighted by atomic mass is 16.5. The zero-order chi connectivity index (χ0) is 20.1. The first kappa shape index (κ1) is 26.9. The van der Waals surface area contributed by atoms with Gasteiger partial charge in [0.2, 0.25) is 0 Å². The fourth-order valence-corrected chi connectivity index (χ4v) is 3.58. The molecule has 1 N–H and O–H groups in total. The van der Waals surface area contributed by atoms with Crippen LogP contribution in [0, 0.1) is 0 Å². The minimum atomic E-state index is 0.315. The van der Waals surface area contributed by atoms with E-state index in [1.165, 1.54) is 89.9 Å². The van der Waals surface area contributed by atoms with E-state index in [0.29, 0.717) is 6.61 Å². The summed E-state index contributed by atoms with van der Waals surface area (Å²) in [6, 6.07) is 0. The van der Waals surface area contributed by atoms with E-state index >= 15 is 0 Å². The minimum absolute atomic E-state index is 0.315. The number of quaternary nitrogens is 1. The third-order valence-electron chi connectivity index (χ3n) is 5.65. The number of likely N-dealkylation sites (N-methyl/N-ethyl adjacent to an activating group) is 1. The van der Waals surface area contributed by atoms with Crippen molar-refractivity contribution >= 4 is 0 Å². The van der Waals surface area contributed by atoms with Crippen molar-refractivity contribution in [2.75, 3.05) is 47.0 Å². The number of aliphatic hydroxyl groups is 1. The molecule has 0 aromatic rings. The number of unbranched alkanes of at least 4 members (excludes halogenated alkanes) is 14. The maximum atomic E-state index is 8.86. The monoisotopic (exact) mass is 386 g/mol. The van der Waals surface area contributed by atoms with Gasteiger partial charge in [-0.3, -0.25) is 0 Å². The van der Waals surface area contributed by atoms with Crippen LogP contribution in [0.1, 0.15) is 110 Å². The largest absolute Gasteiger partial charge is 0.396 e. The van der Waals surface area contributed by atoms with Crippen molar-refractivity contribution in [3.8, 4) is 0 Å². The Kier molecular flexibility index (Phi) is 20.5. The molecule has 0 amide bonds. The molecular weight excluding hydrogens is 334 g/mol. The molecule has 0 atom stereocenters. The van der Waals surface area contributed by atoms with Crippen LogP contribution in [0.25, 0.3) is 0 Å². The van der Waals surface area contributed by atoms with Crippen LogP contribution >= 0.6 is 0 Å². The molecule has 164 valence electrons. The number of ether oxygens (including phenoxy) is 1. The van der Waals surface area contributed by atoms with Crippen LogP contribution in [0.15, 0.2) is 0 Å². The van der Waals surface area contributed by atoms with Gasteiger partial charge in [-0.15, -0.1) is 0 Å². The second-order valence-electron chi connectivity index (χ2n) is 9.02. The summed E-state index contributed by atoms with van der Waals surface area (Å²) < 4.78 is 6.82. The standard InChI is InChI=1S/C24H52NO2/c1-4-5-6-7-8-9-10-11-12-13-14-15-16-19-23-27-24-21-25(2,3)20-17-18-22-26/h26H,4-24H2,1-3H3/q+1. The van der Waals surface area contributed by atoms with Gasteiger partial charge in [0, 0.05) is 13.2 Å². The van der Waals surface area contributed by atoms with Crippen molar-refractivity contribution in [2.45, 2.75) is 110 Å². The van der Waals surface area contributed by atoms with Crippen molar-refractivity contribution in [2.24, 2.45) is 0 Å². The van der Waals surface area contributed by atoms with Crippen LogP contribution < -0.4 is 0 Å². The molecular formula is C24H52NO2+. The Morgan fingerprint density at radius 2 is 1.04 bits per heavy atom. The Bertz CT molecular complexity index is 282. The van der Waals surface area contributed by atoms with Gasteiger partial charge in [-0.05, 0) is 19.3 Å². The summed E-state index contributed by atoms with van der Waals surface area (Å²) in [5, 5.41) is 8.86. The van der Waals surface area contributed by atoms with Crippen molar-refractivity contribution < 1.29 is 14.3 Å². The van der Waals surface area contributed by atoms with Gasteiger partial charge in [-0.2, -0.15) is 0 Å². The van der Waals surface area contributed by atoms with E-state index in [1.54, 1.807) is 0 Å². The SMILES string of the molecule is CCCCCCCCCCCCCCCCOCC[N+](C)(C)CCCCO. The quantitative estimate of drug-likeness (QED) is 0.174. The Labute approximate surface area is 171 Å². The molecule has 0 aliphatic heterocycles. The molecule has 0 aromatic carbocycles. The van der Waals surface area contributed by atoms with Crippen LogP contribution in [0.3, 0.4) is 0 Å². The zero-order valence-corrected chi connectivity index (χ0v) is 19.2. The molecule has 3 heteroatoms. The second-order valence-corrected chi connectivity index (χ2v) is 9.02. The van der Waals surface area contributed by atoms with Gasteiger partial charge in [-0.25, -0.2) is 0 Å². The molecule has 0 radical (unpaired) electrons. The first-order valence-electron chi connectivity index (χ1n) is 12.1. The van der Waals surface area contributed by atoms with Gasteiger partial charge in [0.05, 0.1) is 27.2 Å². The lowest BCUT2D eigenvalue weighted by Crippen LogP contribution is -2.43. The first-order chi connectivity index (χ1) is 13.1. The van der Waals surface area contributed by atoms with Gasteiger partial charge >= 0.3 is 0 Å². The van der Waals surface area contributed by atoms with E-state index < -0.39 is 0 Å². The summed E-state index contributed by atoms with van der Waals surface area (Å²) in [7, 11) is 4.51. The van der Waals surface area contributed by atoms with Crippen molar-refractivity contribution in [3.05, 3.63) is 0 Å². The highest BCUT2D eigenvalue weighted by Gasteiger charge is 2.13. The van der Waals surface area contributed by atoms with Crippen molar-refractivity contribution in [3.63, 3.8) is 0 Å². The van der Waals surface area contributed by atoms with Gasteiger partial charge in [0.15, 0.2) is 0 Å². The lowest BCUT2D eigenvalue weighted by atomic mass is 10.0. The molecule has 0 saturated carbocycles. The topological polar surface area (TPSA) is 29.5 Å². The molecule has 0 unspecified atom stereocenters. The summed E-state index contributed by atoms with van der Waals surface area (Å²) in [6.07, 6.45) is 21.7. The van der Waals surface area contributed by atoms with Crippen LogP contribution in [0.5, 0.6) is 0 Å². The third-order valence-corrected chi connectivity index (χ3v) is 5.65. The molecule has 0 rings (SSSR count). The fraction of sp³-hybridized carbons (Fsp3) is 1.00. The van der Waals surface area contributed by atoms with Crippen molar-refractivity contribution in [1.29, 1.82) is 0 Å². The Hall–Kier alpha value is -0.120. The smallest absolute Gasteiger partial charge is 0.102 e. The molecule has 0 heterocycles. The predicted molar refractivity (Wildman–Crippen MR) is 119 cm³/mol. The Morgan fingerprint density at radius 3 is 1.52 bits per heavy atom. The maximum absolute atomic E-state index is 8.86. The van der Waals surface area contributed by atoms with Gasteiger partial charge < -0.3 is 14.3 Å². The molecule has 3 nitrogen and oxygen atoms in total. The van der Waals surface area contributed by atoms with E-state index in [4.69, 9.17) is 9.84 Å². The highest BCUT2D eigenvalue weighted by molar-refractivity contribution is 4.49. The van der Waals surface area contributed by atoms with Crippen LogP contribution in [0.4, 0.5) is 0 Å². The molecule has 0 fully saturated rings. The minimum Gasteiger partial charge on any atom is -0.396 e. The summed E-state index contributed by atoms with van der Waals surface area (Å²) in [4.78, 5) is 0. The number of hydrogen-bond donors (Lipinski definition) is 1. The summed E-state index contributed by atoms with van der Waals surface area (Å²) in [6.45, 7) is 6.60. The third kappa shape index (κ3) is 22.0. The average molecular weight is 387 g/mol. The normalized spacial score (nSPS) is 12.0. The lowest BCUT2D eigenvalue weighted by molar-refractivity contribution is -0.891. The Morgan fingerprint density at radius 1 is 0.556 bits per heavy atom. The van der Waals surface area contributed by atoms with Gasteiger partial charge in [-0.1, -0.05) is 90.4 Å². The first-order valence-corrected chi connectivity index (χ1v) is 12.1. The van der Waals surface area contributed by atoms with Gasteiger partial charge in [0.1, 0.15) is 6.54 Å². The number of hydrogen-bond acceptors (Lipinski definition) is 2. The average Bonchev–Trinajstić information content (AvgIpc) is 2.64. The zero-order valence-electron chi connectivity index (χ0n) is 19.2. The second kappa shape index (κ2) is 20.6. The molecule has 0 aliphatic carbocycles. The molecule has 0 saturated heterocycles. The van der Waals surface area contributed by atoms with Crippen LogP contribution in [-0.2, 0) is 4.74 Å². The summed E-state index contributed by atoms with van der Waals surface area (Å²) in [5.74, 6) is 0. The molecule has 0 spiro atoms. The van der Waals surface area contributed by atoms with E-state index in [0.717, 1.165) is 43.6 Å². The number of rotatable bonds is 22. The highest BCUT2D eigenvalue weighted by Crippen LogP contribution is 2.13. The lowest BCUT2D eigenvalue weighted by Gasteiger charge is -2.29. The molecule has 0 aromatic heterocycles. The van der Waals surface area contributed by atoms with E-state index in [1.807, 2.05) is 0 Å².